The maximum Gasteiger partial charge on any atom is 0.293 e. The molecule has 31 heavy (non-hydrogen) atoms. The van der Waals surface area contributed by atoms with Gasteiger partial charge < -0.3 is 4.74 Å². The molecular formula is C25H20ClNO3S. The van der Waals surface area contributed by atoms with Gasteiger partial charge in [-0.15, -0.1) is 0 Å². The van der Waals surface area contributed by atoms with E-state index in [1.54, 1.807) is 18.2 Å². The van der Waals surface area contributed by atoms with Crippen molar-refractivity contribution in [3.63, 3.8) is 0 Å². The van der Waals surface area contributed by atoms with E-state index < -0.39 is 0 Å². The van der Waals surface area contributed by atoms with Crippen molar-refractivity contribution in [3.8, 4) is 5.75 Å². The highest BCUT2D eigenvalue weighted by Gasteiger charge is 2.35. The fraction of sp³-hybridized carbons (Fsp3) is 0.120. The van der Waals surface area contributed by atoms with Gasteiger partial charge in [0, 0.05) is 10.6 Å². The van der Waals surface area contributed by atoms with E-state index in [2.05, 4.69) is 0 Å². The second-order valence-electron chi connectivity index (χ2n) is 7.21. The molecule has 156 valence electrons. The minimum absolute atomic E-state index is 0.213. The number of benzene rings is 3. The van der Waals surface area contributed by atoms with Crippen molar-refractivity contribution in [2.24, 2.45) is 0 Å². The summed E-state index contributed by atoms with van der Waals surface area (Å²) in [6.07, 6.45) is 1.72. The molecule has 0 saturated carbocycles. The first-order valence-electron chi connectivity index (χ1n) is 9.77. The van der Waals surface area contributed by atoms with Gasteiger partial charge in [0.25, 0.3) is 11.1 Å². The Balaban J connectivity index is 1.50. The summed E-state index contributed by atoms with van der Waals surface area (Å²) in [5, 5.41) is 0.323. The highest BCUT2D eigenvalue weighted by Crippen LogP contribution is 2.35. The zero-order valence-corrected chi connectivity index (χ0v) is 18.5. The lowest BCUT2D eigenvalue weighted by molar-refractivity contribution is -0.123. The summed E-state index contributed by atoms with van der Waals surface area (Å²) in [6, 6.07) is 22.7. The van der Waals surface area contributed by atoms with Crippen molar-refractivity contribution in [1.29, 1.82) is 0 Å². The number of aryl methyl sites for hydroxylation is 1. The summed E-state index contributed by atoms with van der Waals surface area (Å²) in [4.78, 5) is 26.9. The number of imide groups is 1. The van der Waals surface area contributed by atoms with E-state index in [1.807, 2.05) is 67.6 Å². The molecule has 6 heteroatoms. The van der Waals surface area contributed by atoms with Crippen molar-refractivity contribution >= 4 is 40.6 Å². The standard InChI is InChI=1S/C25H20ClNO3S/c1-17-6-8-19(9-7-17)16-30-22-5-3-2-4-20(22)14-23-24(28)27(25(29)31-23)15-18-10-12-21(26)13-11-18/h2-14H,15-16H2,1H3. The Kier molecular flexibility index (Phi) is 6.44. The normalized spacial score (nSPS) is 15.0. The zero-order chi connectivity index (χ0) is 21.8. The number of hydrogen-bond donors (Lipinski definition) is 0. The van der Waals surface area contributed by atoms with Crippen LogP contribution in [0, 0.1) is 6.92 Å². The van der Waals surface area contributed by atoms with E-state index in [1.165, 1.54) is 10.5 Å². The number of thioether (sulfide) groups is 1. The number of para-hydroxylation sites is 1. The van der Waals surface area contributed by atoms with Crippen LogP contribution >= 0.6 is 23.4 Å². The summed E-state index contributed by atoms with van der Waals surface area (Å²) in [7, 11) is 0. The molecule has 0 spiro atoms. The Labute approximate surface area is 190 Å². The molecule has 1 fully saturated rings. The molecule has 0 unspecified atom stereocenters. The Morgan fingerprint density at radius 2 is 1.61 bits per heavy atom. The van der Waals surface area contributed by atoms with Gasteiger partial charge in [-0.2, -0.15) is 0 Å². The number of rotatable bonds is 6. The maximum atomic E-state index is 12.9. The fourth-order valence-corrected chi connectivity index (χ4v) is 4.08. The van der Waals surface area contributed by atoms with E-state index >= 15 is 0 Å². The summed E-state index contributed by atoms with van der Waals surface area (Å²) < 4.78 is 5.99. The highest BCUT2D eigenvalue weighted by atomic mass is 35.5. The van der Waals surface area contributed by atoms with Crippen molar-refractivity contribution in [1.82, 2.24) is 4.90 Å². The van der Waals surface area contributed by atoms with Crippen LogP contribution in [0.15, 0.2) is 77.7 Å². The average Bonchev–Trinajstić information content (AvgIpc) is 3.03. The fourth-order valence-electron chi connectivity index (χ4n) is 3.13. The van der Waals surface area contributed by atoms with Crippen LogP contribution in [-0.4, -0.2) is 16.0 Å². The van der Waals surface area contributed by atoms with Gasteiger partial charge in [-0.3, -0.25) is 14.5 Å². The average molecular weight is 450 g/mol. The van der Waals surface area contributed by atoms with Gasteiger partial charge in [0.05, 0.1) is 11.4 Å². The third-order valence-electron chi connectivity index (χ3n) is 4.85. The van der Waals surface area contributed by atoms with Crippen LogP contribution in [0.3, 0.4) is 0 Å². The van der Waals surface area contributed by atoms with Crippen LogP contribution in [0.2, 0.25) is 5.02 Å². The molecule has 3 aromatic rings. The molecule has 1 aliphatic heterocycles. The first-order valence-corrected chi connectivity index (χ1v) is 11.0. The topological polar surface area (TPSA) is 46.6 Å². The lowest BCUT2D eigenvalue weighted by atomic mass is 10.1. The lowest BCUT2D eigenvalue weighted by Crippen LogP contribution is -2.27. The summed E-state index contributed by atoms with van der Waals surface area (Å²) in [5.41, 5.74) is 3.85. The Bertz CT molecular complexity index is 1140. The first-order chi connectivity index (χ1) is 15.0. The molecule has 2 amide bonds. The second-order valence-corrected chi connectivity index (χ2v) is 8.64. The number of ether oxygens (including phenoxy) is 1. The number of hydrogen-bond acceptors (Lipinski definition) is 4. The quantitative estimate of drug-likeness (QED) is 0.405. The van der Waals surface area contributed by atoms with Crippen LogP contribution in [0.25, 0.3) is 6.08 Å². The Hall–Kier alpha value is -3.02. The van der Waals surface area contributed by atoms with E-state index in [0.717, 1.165) is 28.5 Å². The molecule has 0 N–H and O–H groups in total. The van der Waals surface area contributed by atoms with Gasteiger partial charge in [-0.1, -0.05) is 71.8 Å². The number of halogens is 1. The number of carbonyl (C=O) groups is 2. The molecule has 0 radical (unpaired) electrons. The summed E-state index contributed by atoms with van der Waals surface area (Å²) in [6.45, 7) is 2.67. The van der Waals surface area contributed by atoms with Crippen molar-refractivity contribution in [3.05, 3.63) is 105 Å². The van der Waals surface area contributed by atoms with Crippen molar-refractivity contribution in [2.45, 2.75) is 20.1 Å². The third-order valence-corrected chi connectivity index (χ3v) is 6.01. The Morgan fingerprint density at radius 1 is 0.935 bits per heavy atom. The molecule has 4 rings (SSSR count). The van der Waals surface area contributed by atoms with Crippen LogP contribution in [0.5, 0.6) is 5.75 Å². The number of amides is 2. The maximum absolute atomic E-state index is 12.9. The van der Waals surface area contributed by atoms with E-state index in [4.69, 9.17) is 16.3 Å². The lowest BCUT2D eigenvalue weighted by Gasteiger charge is -2.12. The summed E-state index contributed by atoms with van der Waals surface area (Å²) >= 11 is 6.85. The van der Waals surface area contributed by atoms with E-state index in [0.29, 0.717) is 22.3 Å². The van der Waals surface area contributed by atoms with Crippen LogP contribution in [-0.2, 0) is 17.9 Å². The van der Waals surface area contributed by atoms with Crippen LogP contribution in [0.4, 0.5) is 4.79 Å². The molecule has 1 heterocycles. The van der Waals surface area contributed by atoms with Crippen LogP contribution in [0.1, 0.15) is 22.3 Å². The number of carbonyl (C=O) groups excluding carboxylic acids is 2. The second kappa shape index (κ2) is 9.41. The van der Waals surface area contributed by atoms with Gasteiger partial charge in [-0.05, 0) is 54.1 Å². The predicted octanol–water partition coefficient (Wildman–Crippen LogP) is 6.46. The van der Waals surface area contributed by atoms with Gasteiger partial charge in [0.15, 0.2) is 0 Å². The SMILES string of the molecule is Cc1ccc(COc2ccccc2C=C2SC(=O)N(Cc3ccc(Cl)cc3)C2=O)cc1. The minimum Gasteiger partial charge on any atom is -0.488 e. The van der Waals surface area contributed by atoms with Crippen LogP contribution < -0.4 is 4.74 Å². The molecule has 0 bridgehead atoms. The molecule has 0 aliphatic carbocycles. The van der Waals surface area contributed by atoms with Gasteiger partial charge in [0.1, 0.15) is 12.4 Å². The molecule has 0 aromatic heterocycles. The summed E-state index contributed by atoms with van der Waals surface area (Å²) in [5.74, 6) is 0.353. The van der Waals surface area contributed by atoms with E-state index in [-0.39, 0.29) is 17.7 Å². The Morgan fingerprint density at radius 3 is 2.35 bits per heavy atom. The predicted molar refractivity (Wildman–Crippen MR) is 125 cm³/mol. The van der Waals surface area contributed by atoms with Crippen molar-refractivity contribution < 1.29 is 14.3 Å². The zero-order valence-electron chi connectivity index (χ0n) is 16.9. The largest absolute Gasteiger partial charge is 0.488 e. The van der Waals surface area contributed by atoms with Crippen molar-refractivity contribution in [2.75, 3.05) is 0 Å². The monoisotopic (exact) mass is 449 g/mol. The molecule has 1 aliphatic rings. The molecule has 1 saturated heterocycles. The first kappa shape index (κ1) is 21.2. The smallest absolute Gasteiger partial charge is 0.293 e. The van der Waals surface area contributed by atoms with Gasteiger partial charge >= 0.3 is 0 Å². The molecule has 0 atom stereocenters. The molecular weight excluding hydrogens is 430 g/mol. The molecule has 4 nitrogen and oxygen atoms in total. The molecule has 3 aromatic carbocycles. The third kappa shape index (κ3) is 5.19. The van der Waals surface area contributed by atoms with E-state index in [9.17, 15) is 9.59 Å². The van der Waals surface area contributed by atoms with Gasteiger partial charge in [0.2, 0.25) is 0 Å². The highest BCUT2D eigenvalue weighted by molar-refractivity contribution is 8.18. The van der Waals surface area contributed by atoms with Gasteiger partial charge in [-0.25, -0.2) is 0 Å². The minimum atomic E-state index is -0.307. The number of nitrogens with zero attached hydrogens (tertiary/aromatic N) is 1.